The molecule has 0 radical (unpaired) electrons. The van der Waals surface area contributed by atoms with Gasteiger partial charge in [0.25, 0.3) is 5.72 Å². The predicted molar refractivity (Wildman–Crippen MR) is 106 cm³/mol. The smallest absolute Gasteiger partial charge is 0.316 e. The van der Waals surface area contributed by atoms with E-state index in [-0.39, 0.29) is 0 Å². The Balaban J connectivity index is 1.83. The van der Waals surface area contributed by atoms with Gasteiger partial charge in [-0.1, -0.05) is 47.5 Å². The van der Waals surface area contributed by atoms with E-state index in [9.17, 15) is 5.11 Å². The molecule has 3 nitrogen and oxygen atoms in total. The van der Waals surface area contributed by atoms with Crippen LogP contribution >= 0.6 is 35.0 Å². The second-order valence-corrected chi connectivity index (χ2v) is 8.33. The highest BCUT2D eigenvalue weighted by molar-refractivity contribution is 8.13. The Labute approximate surface area is 161 Å². The van der Waals surface area contributed by atoms with Crippen molar-refractivity contribution in [3.05, 3.63) is 63.6 Å². The minimum atomic E-state index is -1.11. The van der Waals surface area contributed by atoms with Crippen LogP contribution in [0.5, 0.6) is 0 Å². The summed E-state index contributed by atoms with van der Waals surface area (Å²) in [5.74, 6) is 1.06. The lowest BCUT2D eigenvalue weighted by Gasteiger charge is -2.24. The Morgan fingerprint density at radius 1 is 1.16 bits per heavy atom. The van der Waals surface area contributed by atoms with Gasteiger partial charge in [0, 0.05) is 11.3 Å². The van der Waals surface area contributed by atoms with E-state index in [0.29, 0.717) is 16.6 Å². The van der Waals surface area contributed by atoms with Crippen molar-refractivity contribution in [3.8, 4) is 0 Å². The number of aryl methyl sites for hydroxylation is 1. The van der Waals surface area contributed by atoms with Crippen LogP contribution in [-0.2, 0) is 5.72 Å². The van der Waals surface area contributed by atoms with Crippen LogP contribution in [0.2, 0.25) is 10.0 Å². The summed E-state index contributed by atoms with van der Waals surface area (Å²) < 4.78 is 2.10. The molecule has 25 heavy (non-hydrogen) atoms. The number of para-hydroxylation sites is 1. The van der Waals surface area contributed by atoms with Crippen LogP contribution in [0.3, 0.4) is 0 Å². The van der Waals surface area contributed by atoms with E-state index in [1.54, 1.807) is 23.9 Å². The fraction of sp³-hybridized carbons (Fsp3) is 0.316. The lowest BCUT2D eigenvalue weighted by molar-refractivity contribution is -0.656. The van der Waals surface area contributed by atoms with E-state index in [1.807, 2.05) is 18.2 Å². The van der Waals surface area contributed by atoms with Crippen LogP contribution < -0.4 is 4.90 Å². The van der Waals surface area contributed by atoms with E-state index >= 15 is 0 Å². The molecule has 2 aromatic rings. The van der Waals surface area contributed by atoms with Crippen LogP contribution in [0.1, 0.15) is 17.5 Å². The Morgan fingerprint density at radius 2 is 1.96 bits per heavy atom. The van der Waals surface area contributed by atoms with Gasteiger partial charge >= 0.3 is 5.17 Å². The van der Waals surface area contributed by atoms with Crippen molar-refractivity contribution in [2.24, 2.45) is 0 Å². The molecular formula is C19H19Cl2N2OS+. The molecule has 0 unspecified atom stereocenters. The minimum absolute atomic E-state index is 0.466. The highest BCUT2D eigenvalue weighted by Crippen LogP contribution is 2.39. The molecule has 0 amide bonds. The van der Waals surface area contributed by atoms with Gasteiger partial charge in [-0.2, -0.15) is 0 Å². The maximum Gasteiger partial charge on any atom is 0.316 e. The monoisotopic (exact) mass is 393 g/mol. The van der Waals surface area contributed by atoms with Crippen molar-refractivity contribution < 1.29 is 9.68 Å². The van der Waals surface area contributed by atoms with Gasteiger partial charge in [-0.15, -0.1) is 0 Å². The molecule has 1 N–H and O–H groups in total. The third-order valence-corrected chi connectivity index (χ3v) is 6.76. The Morgan fingerprint density at radius 3 is 2.72 bits per heavy atom. The standard InChI is InChI=1S/C19H19Cl2N2OS/c1-13-5-2-3-6-17(13)22-12-19(24,23-9-4-10-25-18(22)23)14-7-8-15(20)16(21)11-14/h2-3,5-8,11,24H,4,9-10,12H2,1H3/q+1/t19-/m1/s1. The highest BCUT2D eigenvalue weighted by Gasteiger charge is 2.53. The molecule has 0 aliphatic carbocycles. The molecule has 2 aromatic carbocycles. The largest absolute Gasteiger partial charge is 0.346 e. The molecule has 2 aliphatic heterocycles. The average Bonchev–Trinajstić information content (AvgIpc) is 2.92. The Bertz CT molecular complexity index is 870. The van der Waals surface area contributed by atoms with Crippen LogP contribution in [0, 0.1) is 6.92 Å². The maximum atomic E-state index is 11.6. The lowest BCUT2D eigenvalue weighted by Crippen LogP contribution is -2.41. The molecule has 4 rings (SSSR count). The van der Waals surface area contributed by atoms with Crippen LogP contribution in [-0.4, -0.2) is 33.7 Å². The molecule has 0 spiro atoms. The fourth-order valence-electron chi connectivity index (χ4n) is 3.55. The number of hydrogen-bond donors (Lipinski definition) is 1. The lowest BCUT2D eigenvalue weighted by atomic mass is 10.0. The van der Waals surface area contributed by atoms with Gasteiger partial charge in [-0.05, 0) is 48.9 Å². The van der Waals surface area contributed by atoms with Crippen molar-refractivity contribution in [2.45, 2.75) is 19.1 Å². The van der Waals surface area contributed by atoms with Gasteiger partial charge < -0.3 is 5.11 Å². The van der Waals surface area contributed by atoms with Crippen molar-refractivity contribution in [2.75, 3.05) is 23.7 Å². The number of hydrogen-bond acceptors (Lipinski definition) is 3. The summed E-state index contributed by atoms with van der Waals surface area (Å²) in [7, 11) is 0. The molecule has 1 atom stereocenters. The third kappa shape index (κ3) is 2.85. The first-order valence-electron chi connectivity index (χ1n) is 8.29. The van der Waals surface area contributed by atoms with Crippen molar-refractivity contribution >= 4 is 45.8 Å². The van der Waals surface area contributed by atoms with Gasteiger partial charge in [0.15, 0.2) is 6.54 Å². The number of anilines is 1. The summed E-state index contributed by atoms with van der Waals surface area (Å²) in [6.45, 7) is 3.39. The third-order valence-electron chi connectivity index (χ3n) is 4.83. The molecule has 6 heteroatoms. The summed E-state index contributed by atoms with van der Waals surface area (Å²) in [4.78, 5) is 2.22. The SMILES string of the molecule is Cc1ccccc1N1C[C@@](O)(c2ccc(Cl)c(Cl)c2)[N+]2=C1SCCC2. The molecule has 0 fully saturated rings. The zero-order valence-electron chi connectivity index (χ0n) is 13.9. The molecule has 0 saturated carbocycles. The summed E-state index contributed by atoms with van der Waals surface area (Å²) in [6.07, 6.45) is 1.04. The van der Waals surface area contributed by atoms with Crippen LogP contribution in [0.25, 0.3) is 0 Å². The number of amidine groups is 1. The van der Waals surface area contributed by atoms with Gasteiger partial charge in [-0.3, -0.25) is 0 Å². The normalized spacial score (nSPS) is 23.1. The van der Waals surface area contributed by atoms with Crippen molar-refractivity contribution in [1.82, 2.24) is 0 Å². The summed E-state index contributed by atoms with van der Waals surface area (Å²) in [5, 5.41) is 13.7. The Kier molecular flexibility index (Phi) is 4.49. The Hall–Kier alpha value is -1.20. The molecule has 130 valence electrons. The molecule has 0 saturated heterocycles. The van der Waals surface area contributed by atoms with Gasteiger partial charge in [0.1, 0.15) is 5.69 Å². The summed E-state index contributed by atoms with van der Waals surface area (Å²) in [5.41, 5.74) is 1.99. The molecule has 2 aliphatic rings. The zero-order chi connectivity index (χ0) is 17.6. The number of thioether (sulfide) groups is 1. The first-order valence-corrected chi connectivity index (χ1v) is 10.0. The van der Waals surface area contributed by atoms with Crippen molar-refractivity contribution in [1.29, 1.82) is 0 Å². The van der Waals surface area contributed by atoms with Gasteiger partial charge in [0.2, 0.25) is 0 Å². The first-order chi connectivity index (χ1) is 12.0. The van der Waals surface area contributed by atoms with Gasteiger partial charge in [0.05, 0.1) is 16.6 Å². The van der Waals surface area contributed by atoms with Crippen LogP contribution in [0.4, 0.5) is 5.69 Å². The summed E-state index contributed by atoms with van der Waals surface area (Å²) >= 11 is 14.1. The number of β-amino-alcohol motifs (C(OH)–C–C–N with tert-alkyl or cyclic N) is 1. The maximum absolute atomic E-state index is 11.6. The minimum Gasteiger partial charge on any atom is -0.346 e. The molecular weight excluding hydrogens is 375 g/mol. The number of benzene rings is 2. The number of halogens is 2. The van der Waals surface area contributed by atoms with E-state index in [0.717, 1.165) is 35.1 Å². The van der Waals surface area contributed by atoms with E-state index in [4.69, 9.17) is 23.2 Å². The molecule has 0 bridgehead atoms. The van der Waals surface area contributed by atoms with E-state index < -0.39 is 5.72 Å². The predicted octanol–water partition coefficient (Wildman–Crippen LogP) is 4.47. The van der Waals surface area contributed by atoms with E-state index in [1.165, 1.54) is 5.56 Å². The molecule has 0 aromatic heterocycles. The molecule has 2 heterocycles. The topological polar surface area (TPSA) is 26.5 Å². The first kappa shape index (κ1) is 17.2. The zero-order valence-corrected chi connectivity index (χ0v) is 16.2. The van der Waals surface area contributed by atoms with Gasteiger partial charge in [-0.25, -0.2) is 9.48 Å². The number of rotatable bonds is 2. The number of nitrogens with zero attached hydrogens (tertiary/aromatic N) is 2. The average molecular weight is 394 g/mol. The highest BCUT2D eigenvalue weighted by atomic mass is 35.5. The van der Waals surface area contributed by atoms with Crippen LogP contribution in [0.15, 0.2) is 42.5 Å². The second-order valence-electron chi connectivity index (χ2n) is 6.45. The van der Waals surface area contributed by atoms with E-state index in [2.05, 4.69) is 28.5 Å². The summed E-state index contributed by atoms with van der Waals surface area (Å²) in [6, 6.07) is 13.7. The quantitative estimate of drug-likeness (QED) is 0.762. The van der Waals surface area contributed by atoms with Crippen molar-refractivity contribution in [3.63, 3.8) is 0 Å². The second kappa shape index (κ2) is 6.51. The number of aliphatic hydroxyl groups is 1. The fourth-order valence-corrected chi connectivity index (χ4v) is 5.02.